The number of urea groups is 1. The second-order valence-electron chi connectivity index (χ2n) is 9.56. The Labute approximate surface area is 233 Å². The summed E-state index contributed by atoms with van der Waals surface area (Å²) >= 11 is 2.87. The van der Waals surface area contributed by atoms with E-state index in [1.807, 2.05) is 24.3 Å². The summed E-state index contributed by atoms with van der Waals surface area (Å²) in [4.78, 5) is 20.1. The molecule has 2 amide bonds. The van der Waals surface area contributed by atoms with Gasteiger partial charge in [-0.3, -0.25) is 10.2 Å². The smallest absolute Gasteiger partial charge is 0.321 e. The highest BCUT2D eigenvalue weighted by Crippen LogP contribution is 2.33. The van der Waals surface area contributed by atoms with Crippen molar-refractivity contribution >= 4 is 50.1 Å². The van der Waals surface area contributed by atoms with Gasteiger partial charge in [-0.15, -0.1) is 15.3 Å². The molecule has 0 atom stereocenters. The van der Waals surface area contributed by atoms with Crippen LogP contribution in [-0.2, 0) is 4.74 Å². The van der Waals surface area contributed by atoms with Gasteiger partial charge >= 0.3 is 6.03 Å². The number of morpholine rings is 1. The number of anilines is 1. The molecule has 12 nitrogen and oxygen atoms in total. The molecule has 4 heterocycles. The number of thiazole rings is 1. The van der Waals surface area contributed by atoms with Crippen LogP contribution in [0.5, 0.6) is 5.88 Å². The average molecular weight is 571 g/mol. The molecular formula is C25H30N8O4S2. The van der Waals surface area contributed by atoms with Crippen molar-refractivity contribution in [2.45, 2.75) is 47.9 Å². The lowest BCUT2D eigenvalue weighted by atomic mass is 9.95. The zero-order valence-corrected chi connectivity index (χ0v) is 22.9. The molecule has 1 aromatic carbocycles. The zero-order chi connectivity index (χ0) is 26.6. The van der Waals surface area contributed by atoms with E-state index < -0.39 is 0 Å². The molecule has 1 aliphatic carbocycles. The fourth-order valence-electron chi connectivity index (χ4n) is 4.63. The van der Waals surface area contributed by atoms with Gasteiger partial charge < -0.3 is 19.9 Å². The van der Waals surface area contributed by atoms with Gasteiger partial charge in [0, 0.05) is 37.1 Å². The van der Waals surface area contributed by atoms with E-state index in [1.54, 1.807) is 10.6 Å². The fourth-order valence-corrected chi connectivity index (χ4v) is 6.43. The number of hydrogen-bond donors (Lipinski definition) is 3. The van der Waals surface area contributed by atoms with E-state index in [-0.39, 0.29) is 18.2 Å². The summed E-state index contributed by atoms with van der Waals surface area (Å²) in [5, 5.41) is 29.8. The van der Waals surface area contributed by atoms with Crippen molar-refractivity contribution < 1.29 is 19.4 Å². The van der Waals surface area contributed by atoms with Crippen LogP contribution < -0.4 is 15.4 Å². The van der Waals surface area contributed by atoms with E-state index in [1.165, 1.54) is 23.1 Å². The zero-order valence-electron chi connectivity index (χ0n) is 21.3. The van der Waals surface area contributed by atoms with Crippen LogP contribution in [0.25, 0.3) is 15.9 Å². The maximum atomic E-state index is 12.4. The lowest BCUT2D eigenvalue weighted by Crippen LogP contribution is -2.42. The second kappa shape index (κ2) is 12.0. The molecule has 4 aromatic rings. The third-order valence-electron chi connectivity index (χ3n) is 6.75. The van der Waals surface area contributed by atoms with E-state index in [9.17, 15) is 9.90 Å². The Morgan fingerprint density at radius 3 is 2.85 bits per heavy atom. The first-order chi connectivity index (χ1) is 19.1. The number of aliphatic hydroxyl groups excluding tert-OH is 1. The number of aliphatic hydroxyl groups is 1. The van der Waals surface area contributed by atoms with Crippen LogP contribution in [0.4, 0.5) is 9.93 Å². The van der Waals surface area contributed by atoms with Crippen molar-refractivity contribution in [3.05, 3.63) is 30.3 Å². The van der Waals surface area contributed by atoms with Crippen molar-refractivity contribution in [2.75, 3.05) is 44.7 Å². The molecule has 2 fully saturated rings. The van der Waals surface area contributed by atoms with Gasteiger partial charge in [-0.25, -0.2) is 9.78 Å². The number of nitrogens with one attached hydrogen (secondary N) is 2. The van der Waals surface area contributed by atoms with Crippen LogP contribution in [0.3, 0.4) is 0 Å². The highest BCUT2D eigenvalue weighted by Gasteiger charge is 2.21. The molecule has 6 rings (SSSR count). The lowest BCUT2D eigenvalue weighted by Gasteiger charge is -2.26. The lowest BCUT2D eigenvalue weighted by molar-refractivity contribution is 0.0388. The van der Waals surface area contributed by atoms with Crippen molar-refractivity contribution in [3.63, 3.8) is 0 Å². The Bertz CT molecular complexity index is 1430. The minimum absolute atomic E-state index is 0.0503. The fraction of sp³-hybridized carbons (Fsp3) is 0.480. The Hall–Kier alpha value is -3.04. The molecule has 39 heavy (non-hydrogen) atoms. The van der Waals surface area contributed by atoms with E-state index >= 15 is 0 Å². The molecule has 0 spiro atoms. The quantitative estimate of drug-likeness (QED) is 0.290. The number of rotatable bonds is 8. The molecule has 14 heteroatoms. The monoisotopic (exact) mass is 570 g/mol. The Kier molecular flexibility index (Phi) is 8.06. The van der Waals surface area contributed by atoms with E-state index in [4.69, 9.17) is 9.47 Å². The van der Waals surface area contributed by atoms with Gasteiger partial charge in [-0.1, -0.05) is 11.3 Å². The first-order valence-electron chi connectivity index (χ1n) is 13.1. The van der Waals surface area contributed by atoms with Crippen molar-refractivity contribution in [2.24, 2.45) is 0 Å². The molecule has 0 unspecified atom stereocenters. The van der Waals surface area contributed by atoms with Crippen molar-refractivity contribution in [1.29, 1.82) is 0 Å². The topological polar surface area (TPSA) is 139 Å². The minimum Gasteiger partial charge on any atom is -0.473 e. The number of carbonyl (C=O) groups excluding carboxylic acids is 1. The minimum atomic E-state index is -0.264. The first kappa shape index (κ1) is 26.2. The number of aromatic nitrogens is 5. The van der Waals surface area contributed by atoms with Crippen molar-refractivity contribution in [1.82, 2.24) is 35.0 Å². The molecule has 1 saturated carbocycles. The van der Waals surface area contributed by atoms with Crippen LogP contribution >= 0.6 is 23.1 Å². The number of carbonyl (C=O) groups is 1. The number of benzene rings is 1. The van der Waals surface area contributed by atoms with Crippen LogP contribution in [0.15, 0.2) is 40.4 Å². The van der Waals surface area contributed by atoms with Gasteiger partial charge in [0.1, 0.15) is 6.10 Å². The predicted molar refractivity (Wildman–Crippen MR) is 148 cm³/mol. The Morgan fingerprint density at radius 2 is 2.00 bits per heavy atom. The third-order valence-corrected chi connectivity index (χ3v) is 8.61. The molecule has 206 valence electrons. The Morgan fingerprint density at radius 1 is 1.15 bits per heavy atom. The van der Waals surface area contributed by atoms with Gasteiger partial charge in [0.15, 0.2) is 10.8 Å². The molecule has 1 aliphatic heterocycles. The SMILES string of the molecule is O=C(NCCN1CCOCC1)Nc1nc2ccc(Sc3nnc4ccc(OC5CCC(O)CC5)nn34)cc2s1. The summed E-state index contributed by atoms with van der Waals surface area (Å²) in [6.45, 7) is 4.62. The summed E-state index contributed by atoms with van der Waals surface area (Å²) in [7, 11) is 0. The number of ether oxygens (including phenoxy) is 2. The summed E-state index contributed by atoms with van der Waals surface area (Å²) in [6, 6.07) is 9.30. The number of nitrogens with zero attached hydrogens (tertiary/aromatic N) is 6. The van der Waals surface area contributed by atoms with Crippen molar-refractivity contribution in [3.8, 4) is 5.88 Å². The van der Waals surface area contributed by atoms with Gasteiger partial charge in [0.2, 0.25) is 11.0 Å². The summed E-state index contributed by atoms with van der Waals surface area (Å²) in [5.41, 5.74) is 1.44. The third kappa shape index (κ3) is 6.58. The molecule has 3 N–H and O–H groups in total. The molecule has 0 radical (unpaired) electrons. The van der Waals surface area contributed by atoms with Crippen LogP contribution in [-0.4, -0.2) is 92.4 Å². The average Bonchev–Trinajstić information content (AvgIpc) is 3.53. The number of fused-ring (bicyclic) bond motifs is 2. The van der Waals surface area contributed by atoms with Gasteiger partial charge in [0.05, 0.1) is 29.5 Å². The maximum absolute atomic E-state index is 12.4. The standard InChI is InChI=1S/C25H30N8O4S2/c34-16-1-3-17(4-2-16)37-22-8-7-21-29-30-25(33(21)31-22)38-18-5-6-19-20(15-18)39-24(27-19)28-23(35)26-9-10-32-11-13-36-14-12-32/h5-8,15-17,34H,1-4,9-14H2,(H2,26,27,28,35). The van der Waals surface area contributed by atoms with Gasteiger partial charge in [0.25, 0.3) is 0 Å². The van der Waals surface area contributed by atoms with Crippen LogP contribution in [0, 0.1) is 0 Å². The highest BCUT2D eigenvalue weighted by molar-refractivity contribution is 7.99. The highest BCUT2D eigenvalue weighted by atomic mass is 32.2. The summed E-state index contributed by atoms with van der Waals surface area (Å²) in [5.74, 6) is 0.516. The summed E-state index contributed by atoms with van der Waals surface area (Å²) < 4.78 is 14.1. The maximum Gasteiger partial charge on any atom is 0.321 e. The van der Waals surface area contributed by atoms with E-state index in [2.05, 4.69) is 35.8 Å². The van der Waals surface area contributed by atoms with Gasteiger partial charge in [-0.2, -0.15) is 4.52 Å². The van der Waals surface area contributed by atoms with Crippen LogP contribution in [0.2, 0.25) is 0 Å². The number of amides is 2. The van der Waals surface area contributed by atoms with E-state index in [0.29, 0.717) is 28.4 Å². The molecule has 3 aromatic heterocycles. The number of hydrogen-bond acceptors (Lipinski definition) is 11. The molecule has 2 aliphatic rings. The predicted octanol–water partition coefficient (Wildman–Crippen LogP) is 3.02. The second-order valence-corrected chi connectivity index (χ2v) is 11.6. The molecule has 0 bridgehead atoms. The first-order valence-corrected chi connectivity index (χ1v) is 14.7. The molecule has 1 saturated heterocycles. The Balaban J connectivity index is 1.08. The normalized spacial score (nSPS) is 20.3. The molecular weight excluding hydrogens is 540 g/mol. The largest absolute Gasteiger partial charge is 0.473 e. The van der Waals surface area contributed by atoms with E-state index in [0.717, 1.165) is 73.6 Å². The summed E-state index contributed by atoms with van der Waals surface area (Å²) in [6.07, 6.45) is 2.94. The van der Waals surface area contributed by atoms with Gasteiger partial charge in [-0.05, 0) is 61.7 Å². The van der Waals surface area contributed by atoms with Crippen LogP contribution in [0.1, 0.15) is 25.7 Å².